The topological polar surface area (TPSA) is 81.4 Å². The molecular weight excluding hydrogens is 533 g/mol. The van der Waals surface area contributed by atoms with Gasteiger partial charge in [-0.2, -0.15) is 9.78 Å². The van der Waals surface area contributed by atoms with E-state index in [0.29, 0.717) is 58.3 Å². The highest BCUT2D eigenvalue weighted by atomic mass is 35.5. The summed E-state index contributed by atoms with van der Waals surface area (Å²) in [6.45, 7) is 4.87. The number of halogens is 2. The number of ether oxygens (including phenoxy) is 1. The second-order valence-electron chi connectivity index (χ2n) is 8.55. The van der Waals surface area contributed by atoms with Crippen molar-refractivity contribution in [3.8, 4) is 11.3 Å². The lowest BCUT2D eigenvalue weighted by atomic mass is 10.2. The molecule has 1 saturated heterocycles. The van der Waals surface area contributed by atoms with Gasteiger partial charge in [-0.05, 0) is 36.4 Å². The van der Waals surface area contributed by atoms with E-state index in [2.05, 4.69) is 15.3 Å². The van der Waals surface area contributed by atoms with Crippen LogP contribution < -0.4 is 10.9 Å². The number of anilines is 1. The van der Waals surface area contributed by atoms with E-state index in [0.717, 1.165) is 24.5 Å². The van der Waals surface area contributed by atoms with Gasteiger partial charge < -0.3 is 14.6 Å². The number of nitrogens with zero attached hydrogens (tertiary/aromatic N) is 4. The first-order valence-corrected chi connectivity index (χ1v) is 13.4. The van der Waals surface area contributed by atoms with E-state index in [-0.39, 0.29) is 5.56 Å². The average Bonchev–Trinajstić information content (AvgIpc) is 3.53. The van der Waals surface area contributed by atoms with Gasteiger partial charge in [-0.3, -0.25) is 14.5 Å². The summed E-state index contributed by atoms with van der Waals surface area (Å²) in [4.78, 5) is 30.1. The molecule has 1 N–H and O–H groups in total. The number of hydrogen-bond donors (Lipinski definition) is 1. The molecule has 1 fully saturated rings. The van der Waals surface area contributed by atoms with Crippen molar-refractivity contribution < 1.29 is 9.53 Å². The second kappa shape index (κ2) is 11.6. The maximum absolute atomic E-state index is 13.4. The van der Waals surface area contributed by atoms with Crippen LogP contribution in [0.15, 0.2) is 65.6 Å². The van der Waals surface area contributed by atoms with Gasteiger partial charge in [0.25, 0.3) is 11.5 Å². The zero-order valence-electron chi connectivity index (χ0n) is 19.9. The molecule has 0 bridgehead atoms. The maximum Gasteiger partial charge on any atom is 0.281 e. The minimum absolute atomic E-state index is 0.165. The van der Waals surface area contributed by atoms with Gasteiger partial charge in [-0.15, -0.1) is 11.3 Å². The molecule has 0 unspecified atom stereocenters. The van der Waals surface area contributed by atoms with Crippen molar-refractivity contribution in [2.45, 2.75) is 13.1 Å². The van der Waals surface area contributed by atoms with Crippen LogP contribution in [0, 0.1) is 0 Å². The lowest BCUT2D eigenvalue weighted by Crippen LogP contribution is -2.39. The van der Waals surface area contributed by atoms with Gasteiger partial charge in [0.15, 0.2) is 0 Å². The fourth-order valence-corrected chi connectivity index (χ4v) is 5.39. The Morgan fingerprint density at radius 1 is 1.05 bits per heavy atom. The third-order valence-electron chi connectivity index (χ3n) is 6.14. The van der Waals surface area contributed by atoms with Gasteiger partial charge in [0.2, 0.25) is 0 Å². The molecule has 4 aromatic rings. The highest BCUT2D eigenvalue weighted by Crippen LogP contribution is 2.26. The van der Waals surface area contributed by atoms with Crippen molar-refractivity contribution in [2.24, 2.45) is 0 Å². The normalized spacial score (nSPS) is 14.1. The van der Waals surface area contributed by atoms with Crippen molar-refractivity contribution in [3.05, 3.63) is 90.9 Å². The summed E-state index contributed by atoms with van der Waals surface area (Å²) in [7, 11) is 0. The minimum Gasteiger partial charge on any atom is -0.379 e. The average molecular weight is 558 g/mol. The summed E-state index contributed by atoms with van der Waals surface area (Å²) in [6.07, 6.45) is 1.78. The SMILES string of the molecule is O=C(c1ccccc1Cl)n1nc(-c2cccn(CCN3CCOCC3)c2=O)cc1NCc1ccc(Cl)s1. The van der Waals surface area contributed by atoms with Crippen LogP contribution in [0.25, 0.3) is 11.3 Å². The number of carbonyl (C=O) groups is 1. The van der Waals surface area contributed by atoms with Crippen molar-refractivity contribution in [3.63, 3.8) is 0 Å². The van der Waals surface area contributed by atoms with Crippen LogP contribution in [0.5, 0.6) is 0 Å². The highest BCUT2D eigenvalue weighted by Gasteiger charge is 2.21. The molecule has 1 aromatic carbocycles. The molecule has 0 spiro atoms. The van der Waals surface area contributed by atoms with Gasteiger partial charge >= 0.3 is 0 Å². The van der Waals surface area contributed by atoms with Crippen molar-refractivity contribution in [1.82, 2.24) is 19.2 Å². The molecule has 11 heteroatoms. The second-order valence-corrected chi connectivity index (χ2v) is 10.8. The summed E-state index contributed by atoms with van der Waals surface area (Å²) < 4.78 is 9.03. The summed E-state index contributed by atoms with van der Waals surface area (Å²) >= 11 is 13.8. The zero-order chi connectivity index (χ0) is 25.8. The first kappa shape index (κ1) is 25.7. The van der Waals surface area contributed by atoms with Gasteiger partial charge in [0, 0.05) is 43.3 Å². The van der Waals surface area contributed by atoms with Gasteiger partial charge in [0.05, 0.1) is 40.2 Å². The quantitative estimate of drug-likeness (QED) is 0.338. The van der Waals surface area contributed by atoms with Crippen LogP contribution in [0.3, 0.4) is 0 Å². The number of thiophene rings is 1. The van der Waals surface area contributed by atoms with E-state index in [1.54, 1.807) is 47.2 Å². The molecule has 8 nitrogen and oxygen atoms in total. The Hall–Kier alpha value is -2.95. The molecular formula is C26H25Cl2N5O3S. The Morgan fingerprint density at radius 3 is 2.62 bits per heavy atom. The fourth-order valence-electron chi connectivity index (χ4n) is 4.15. The fraction of sp³-hybridized carbons (Fsp3) is 0.269. The molecule has 0 saturated carbocycles. The monoisotopic (exact) mass is 557 g/mol. The standard InChI is InChI=1S/C26H25Cl2N5O3S/c27-21-6-2-1-4-19(21)26(35)33-24(29-17-18-7-8-23(28)37-18)16-22(30-33)20-5-3-9-32(25(20)34)11-10-31-12-14-36-15-13-31/h1-9,16,29H,10-15,17H2. The van der Waals surface area contributed by atoms with Crippen LogP contribution in [0.1, 0.15) is 15.2 Å². The molecule has 0 atom stereocenters. The van der Waals surface area contributed by atoms with E-state index in [9.17, 15) is 9.59 Å². The molecule has 1 aliphatic rings. The predicted molar refractivity (Wildman–Crippen MR) is 147 cm³/mol. The summed E-state index contributed by atoms with van der Waals surface area (Å²) in [6, 6.07) is 15.8. The summed E-state index contributed by atoms with van der Waals surface area (Å²) in [5.74, 6) is 0.0553. The van der Waals surface area contributed by atoms with E-state index >= 15 is 0 Å². The van der Waals surface area contributed by atoms with Crippen molar-refractivity contribution in [2.75, 3.05) is 38.2 Å². The Kier molecular flexibility index (Phi) is 8.07. The van der Waals surface area contributed by atoms with Crippen LogP contribution in [-0.4, -0.2) is 58.0 Å². The van der Waals surface area contributed by atoms with Crippen LogP contribution in [0.4, 0.5) is 5.82 Å². The molecule has 37 heavy (non-hydrogen) atoms. The number of benzene rings is 1. The summed E-state index contributed by atoms with van der Waals surface area (Å²) in [5.41, 5.74) is 0.967. The molecule has 1 aliphatic heterocycles. The van der Waals surface area contributed by atoms with Gasteiger partial charge in [-0.25, -0.2) is 0 Å². The van der Waals surface area contributed by atoms with Crippen molar-refractivity contribution in [1.29, 1.82) is 0 Å². The largest absolute Gasteiger partial charge is 0.379 e. The Morgan fingerprint density at radius 2 is 1.86 bits per heavy atom. The Balaban J connectivity index is 1.45. The molecule has 192 valence electrons. The van der Waals surface area contributed by atoms with Gasteiger partial charge in [0.1, 0.15) is 11.5 Å². The number of aromatic nitrogens is 3. The molecule has 0 aliphatic carbocycles. The molecule has 0 radical (unpaired) electrons. The first-order chi connectivity index (χ1) is 18.0. The van der Waals surface area contributed by atoms with E-state index in [4.69, 9.17) is 27.9 Å². The number of carbonyl (C=O) groups excluding carboxylic acids is 1. The van der Waals surface area contributed by atoms with Crippen molar-refractivity contribution >= 4 is 46.3 Å². The number of rotatable bonds is 8. The maximum atomic E-state index is 13.4. The van der Waals surface area contributed by atoms with Crippen LogP contribution in [-0.2, 0) is 17.8 Å². The van der Waals surface area contributed by atoms with Crippen LogP contribution >= 0.6 is 34.5 Å². The van der Waals surface area contributed by atoms with E-state index < -0.39 is 5.91 Å². The van der Waals surface area contributed by atoms with E-state index in [1.807, 2.05) is 18.2 Å². The predicted octanol–water partition coefficient (Wildman–Crippen LogP) is 4.71. The molecule has 0 amide bonds. The summed E-state index contributed by atoms with van der Waals surface area (Å²) in [5, 5.41) is 8.14. The van der Waals surface area contributed by atoms with Crippen LogP contribution in [0.2, 0.25) is 9.36 Å². The molecule has 5 rings (SSSR count). The number of pyridine rings is 1. The zero-order valence-corrected chi connectivity index (χ0v) is 22.2. The molecule has 3 aromatic heterocycles. The van der Waals surface area contributed by atoms with E-state index in [1.165, 1.54) is 16.0 Å². The number of nitrogens with one attached hydrogen (secondary N) is 1. The third kappa shape index (κ3) is 5.97. The highest BCUT2D eigenvalue weighted by molar-refractivity contribution is 7.16. The minimum atomic E-state index is -0.396. The lowest BCUT2D eigenvalue weighted by molar-refractivity contribution is 0.0363. The Labute approximate surface area is 228 Å². The number of morpholine rings is 1. The first-order valence-electron chi connectivity index (χ1n) is 11.9. The Bertz CT molecular complexity index is 1460. The lowest BCUT2D eigenvalue weighted by Gasteiger charge is -2.26. The third-order valence-corrected chi connectivity index (χ3v) is 7.70. The van der Waals surface area contributed by atoms with Gasteiger partial charge in [-0.1, -0.05) is 35.3 Å². The number of hydrogen-bond acceptors (Lipinski definition) is 7. The molecule has 4 heterocycles. The smallest absolute Gasteiger partial charge is 0.281 e.